The number of nitrogens with one attached hydrogen (secondary N) is 3. The first kappa shape index (κ1) is 39.1. The Labute approximate surface area is 294 Å². The second-order valence-electron chi connectivity index (χ2n) is 11.3. The first-order valence-electron chi connectivity index (χ1n) is 15.8. The minimum atomic E-state index is -1.09. The lowest BCUT2D eigenvalue weighted by molar-refractivity contribution is -0.0177. The lowest BCUT2D eigenvalue weighted by Gasteiger charge is -2.31. The molecule has 0 atom stereocenters. The van der Waals surface area contributed by atoms with Gasteiger partial charge in [-0.3, -0.25) is 0 Å². The molecule has 3 amide bonds. The summed E-state index contributed by atoms with van der Waals surface area (Å²) >= 11 is 0. The molecule has 0 saturated carbocycles. The molecule has 0 bridgehead atoms. The Morgan fingerprint density at radius 2 is 0.765 bits per heavy atom. The maximum Gasteiger partial charge on any atom is 0.407 e. The van der Waals surface area contributed by atoms with E-state index in [4.69, 9.17) is 14.2 Å². The zero-order valence-corrected chi connectivity index (χ0v) is 28.0. The van der Waals surface area contributed by atoms with Crippen molar-refractivity contribution in [2.24, 2.45) is 20.4 Å². The molecule has 15 heteroatoms. The van der Waals surface area contributed by atoms with Crippen molar-refractivity contribution >= 4 is 36.5 Å². The van der Waals surface area contributed by atoms with Crippen LogP contribution in [0.25, 0.3) is 0 Å². The SMILES string of the molecule is CCC(COC(=O)NCc1ccc(CN=C=O)cc1)(COC(=O)NCc1ccc(CN=C=O)cc1)COC(=O)NCc1ccc(CN=C=O)cc1. The van der Waals surface area contributed by atoms with Gasteiger partial charge in [0.15, 0.2) is 0 Å². The van der Waals surface area contributed by atoms with Gasteiger partial charge in [-0.15, -0.1) is 0 Å². The van der Waals surface area contributed by atoms with Crippen LogP contribution in [0.2, 0.25) is 0 Å². The van der Waals surface area contributed by atoms with Crippen LogP contribution < -0.4 is 16.0 Å². The van der Waals surface area contributed by atoms with E-state index in [0.717, 1.165) is 33.4 Å². The van der Waals surface area contributed by atoms with Crippen molar-refractivity contribution in [1.82, 2.24) is 16.0 Å². The van der Waals surface area contributed by atoms with Crippen molar-refractivity contribution in [1.29, 1.82) is 0 Å². The zero-order chi connectivity index (χ0) is 36.7. The molecule has 0 unspecified atom stereocenters. The van der Waals surface area contributed by atoms with Gasteiger partial charge < -0.3 is 30.2 Å². The van der Waals surface area contributed by atoms with Crippen molar-refractivity contribution in [3.05, 3.63) is 106 Å². The highest BCUT2D eigenvalue weighted by molar-refractivity contribution is 5.68. The molecule has 0 saturated heterocycles. The quantitative estimate of drug-likeness (QED) is 0.0903. The fourth-order valence-corrected chi connectivity index (χ4v) is 4.42. The van der Waals surface area contributed by atoms with E-state index in [-0.39, 0.29) is 59.1 Å². The number of carbonyl (C=O) groups excluding carboxylic acids is 6. The number of amides is 3. The minimum absolute atomic E-state index is 0.156. The van der Waals surface area contributed by atoms with Gasteiger partial charge in [0.2, 0.25) is 18.2 Å². The van der Waals surface area contributed by atoms with Crippen LogP contribution in [0, 0.1) is 5.41 Å². The van der Waals surface area contributed by atoms with Crippen LogP contribution in [-0.4, -0.2) is 56.3 Å². The summed E-state index contributed by atoms with van der Waals surface area (Å²) in [6.45, 7) is 2.14. The standard InChI is InChI=1S/C36H38N6O9/c1-2-36(21-49-33(46)40-18-30-9-3-27(4-10-30)15-37-24-43,22-50-34(47)41-19-31-11-5-28(6-12-31)16-38-25-44)23-51-35(48)42-20-32-13-7-29(8-14-32)17-39-26-45/h3-14H,2,15-23H2,1H3,(H,40,46)(H,41,47)(H,42,48). The Bertz CT molecular complexity index is 1530. The van der Waals surface area contributed by atoms with Crippen LogP contribution >= 0.6 is 0 Å². The number of carbonyl (C=O) groups is 3. The summed E-state index contributed by atoms with van der Waals surface area (Å²) in [7, 11) is 0. The maximum atomic E-state index is 12.7. The maximum absolute atomic E-state index is 12.7. The summed E-state index contributed by atoms with van der Waals surface area (Å²) in [6, 6.07) is 21.3. The van der Waals surface area contributed by atoms with E-state index in [1.165, 1.54) is 18.2 Å². The molecule has 0 aromatic heterocycles. The van der Waals surface area contributed by atoms with Crippen molar-refractivity contribution in [3.63, 3.8) is 0 Å². The summed E-state index contributed by atoms with van der Waals surface area (Å²) < 4.78 is 16.5. The summed E-state index contributed by atoms with van der Waals surface area (Å²) in [4.78, 5) is 79.6. The molecule has 0 aliphatic heterocycles. The Kier molecular flexibility index (Phi) is 16.5. The lowest BCUT2D eigenvalue weighted by atomic mass is 9.88. The van der Waals surface area contributed by atoms with E-state index in [1.54, 1.807) is 79.7 Å². The van der Waals surface area contributed by atoms with Gasteiger partial charge in [-0.05, 0) is 39.8 Å². The largest absolute Gasteiger partial charge is 0.449 e. The Morgan fingerprint density at radius 3 is 1.00 bits per heavy atom. The smallest absolute Gasteiger partial charge is 0.407 e. The molecule has 15 nitrogen and oxygen atoms in total. The van der Waals surface area contributed by atoms with Crippen LogP contribution in [0.5, 0.6) is 0 Å². The van der Waals surface area contributed by atoms with Crippen molar-refractivity contribution in [2.45, 2.75) is 52.6 Å². The van der Waals surface area contributed by atoms with Gasteiger partial charge in [-0.1, -0.05) is 79.7 Å². The van der Waals surface area contributed by atoms with Gasteiger partial charge in [0, 0.05) is 19.6 Å². The van der Waals surface area contributed by atoms with E-state index in [0.29, 0.717) is 6.42 Å². The van der Waals surface area contributed by atoms with Crippen LogP contribution in [0.15, 0.2) is 87.8 Å². The Balaban J connectivity index is 1.57. The topological polar surface area (TPSA) is 203 Å². The number of aliphatic imine (C=N–C) groups is 3. The van der Waals surface area contributed by atoms with Crippen molar-refractivity contribution in [3.8, 4) is 0 Å². The summed E-state index contributed by atoms with van der Waals surface area (Å²) in [5.74, 6) is 0. The fourth-order valence-electron chi connectivity index (χ4n) is 4.42. The number of hydrogen-bond acceptors (Lipinski definition) is 12. The predicted octanol–water partition coefficient (Wildman–Crippen LogP) is 4.67. The highest BCUT2D eigenvalue weighted by atomic mass is 16.6. The molecule has 0 radical (unpaired) electrons. The molecular weight excluding hydrogens is 660 g/mol. The molecular formula is C36H38N6O9. The number of benzene rings is 3. The molecule has 3 aromatic rings. The number of rotatable bonds is 19. The monoisotopic (exact) mass is 698 g/mol. The van der Waals surface area contributed by atoms with Gasteiger partial charge in [0.05, 0.1) is 25.0 Å². The van der Waals surface area contributed by atoms with Gasteiger partial charge >= 0.3 is 18.3 Å². The number of nitrogens with zero attached hydrogens (tertiary/aromatic N) is 3. The number of alkyl carbamates (subject to hydrolysis) is 3. The zero-order valence-electron chi connectivity index (χ0n) is 28.0. The molecule has 3 rings (SSSR count). The molecule has 51 heavy (non-hydrogen) atoms. The third kappa shape index (κ3) is 14.7. The van der Waals surface area contributed by atoms with E-state index in [9.17, 15) is 28.8 Å². The summed E-state index contributed by atoms with van der Waals surface area (Å²) in [5, 5.41) is 7.98. The molecule has 0 fully saturated rings. The molecule has 0 spiro atoms. The molecule has 3 N–H and O–H groups in total. The number of isocyanates is 3. The second-order valence-corrected chi connectivity index (χ2v) is 11.3. The highest BCUT2D eigenvalue weighted by Crippen LogP contribution is 2.24. The molecule has 0 heterocycles. The predicted molar refractivity (Wildman–Crippen MR) is 182 cm³/mol. The van der Waals surface area contributed by atoms with Crippen molar-refractivity contribution < 1.29 is 43.0 Å². The van der Waals surface area contributed by atoms with Gasteiger partial charge in [-0.2, -0.15) is 0 Å². The molecule has 266 valence electrons. The molecule has 0 aliphatic rings. The van der Waals surface area contributed by atoms with Gasteiger partial charge in [0.25, 0.3) is 0 Å². The second kappa shape index (κ2) is 21.6. The Hall–Kier alpha value is -6.39. The lowest BCUT2D eigenvalue weighted by Crippen LogP contribution is -2.42. The van der Waals surface area contributed by atoms with Crippen LogP contribution in [0.4, 0.5) is 14.4 Å². The fraction of sp³-hybridized carbons (Fsp3) is 0.333. The Morgan fingerprint density at radius 1 is 0.510 bits per heavy atom. The number of hydrogen-bond donors (Lipinski definition) is 3. The van der Waals surface area contributed by atoms with Crippen LogP contribution in [0.3, 0.4) is 0 Å². The number of ether oxygens (including phenoxy) is 3. The summed E-state index contributed by atoms with van der Waals surface area (Å²) in [6.07, 6.45) is 2.56. The van der Waals surface area contributed by atoms with E-state index in [1.807, 2.05) is 0 Å². The average molecular weight is 699 g/mol. The van der Waals surface area contributed by atoms with Crippen molar-refractivity contribution in [2.75, 3.05) is 19.8 Å². The average Bonchev–Trinajstić information content (AvgIpc) is 3.17. The van der Waals surface area contributed by atoms with Gasteiger partial charge in [-0.25, -0.2) is 43.7 Å². The first-order valence-corrected chi connectivity index (χ1v) is 15.8. The van der Waals surface area contributed by atoms with Crippen LogP contribution in [0.1, 0.15) is 46.7 Å². The normalized spacial score (nSPS) is 11.2. The highest BCUT2D eigenvalue weighted by Gasteiger charge is 2.34. The van der Waals surface area contributed by atoms with E-state index < -0.39 is 23.7 Å². The van der Waals surface area contributed by atoms with Gasteiger partial charge in [0.1, 0.15) is 19.8 Å². The van der Waals surface area contributed by atoms with E-state index in [2.05, 4.69) is 30.9 Å². The summed E-state index contributed by atoms with van der Waals surface area (Å²) in [5.41, 5.74) is 3.67. The molecule has 0 aliphatic carbocycles. The first-order chi connectivity index (χ1) is 24.8. The van der Waals surface area contributed by atoms with Crippen LogP contribution in [-0.2, 0) is 67.9 Å². The minimum Gasteiger partial charge on any atom is -0.449 e. The van der Waals surface area contributed by atoms with E-state index >= 15 is 0 Å². The molecule has 3 aromatic carbocycles. The third-order valence-corrected chi connectivity index (χ3v) is 7.64. The third-order valence-electron chi connectivity index (χ3n) is 7.64.